The Morgan fingerprint density at radius 1 is 0.889 bits per heavy atom. The van der Waals surface area contributed by atoms with E-state index in [9.17, 15) is 20.1 Å². The van der Waals surface area contributed by atoms with Crippen molar-refractivity contribution < 1.29 is 39.1 Å². The summed E-state index contributed by atoms with van der Waals surface area (Å²) in [5.41, 5.74) is 5.60. The molecule has 1 aliphatic heterocycles. The Hall–Kier alpha value is -4.40. The predicted molar refractivity (Wildman–Crippen MR) is 169 cm³/mol. The molecule has 234 valence electrons. The molecule has 45 heavy (non-hydrogen) atoms. The molecule has 1 saturated carbocycles. The van der Waals surface area contributed by atoms with Crippen LogP contribution in [-0.2, 0) is 24.4 Å². The fourth-order valence-electron chi connectivity index (χ4n) is 6.21. The van der Waals surface area contributed by atoms with Gasteiger partial charge in [0, 0.05) is 6.07 Å². The zero-order chi connectivity index (χ0) is 31.5. The van der Waals surface area contributed by atoms with Crippen molar-refractivity contribution in [3.63, 3.8) is 0 Å². The van der Waals surface area contributed by atoms with E-state index in [1.165, 1.54) is 0 Å². The molecule has 9 heteroatoms. The Kier molecular flexibility index (Phi) is 9.05. The van der Waals surface area contributed by atoms with Crippen LogP contribution in [-0.4, -0.2) is 40.6 Å². The first-order chi connectivity index (χ1) is 21.7. The Morgan fingerprint density at radius 2 is 1.67 bits per heavy atom. The molecule has 3 N–H and O–H groups in total. The molecule has 0 spiro atoms. The third-order valence-electron chi connectivity index (χ3n) is 8.57. The van der Waals surface area contributed by atoms with Crippen LogP contribution in [0, 0.1) is 18.8 Å². The minimum absolute atomic E-state index is 0.134. The minimum atomic E-state index is -0.918. The van der Waals surface area contributed by atoms with Crippen LogP contribution in [0.25, 0.3) is 11.1 Å². The molecule has 3 unspecified atom stereocenters. The number of aliphatic hydroxyl groups is 1. The summed E-state index contributed by atoms with van der Waals surface area (Å²) in [4.78, 5) is 11.9. The van der Waals surface area contributed by atoms with Crippen molar-refractivity contribution in [2.24, 2.45) is 11.8 Å². The Morgan fingerprint density at radius 3 is 2.47 bits per heavy atom. The van der Waals surface area contributed by atoms with Crippen LogP contribution in [0.3, 0.4) is 0 Å². The number of carboxylic acids is 1. The third kappa shape index (κ3) is 6.97. The Labute approximate surface area is 266 Å². The highest BCUT2D eigenvalue weighted by Gasteiger charge is 2.38. The molecule has 4 aromatic rings. The maximum absolute atomic E-state index is 11.9. The largest absolute Gasteiger partial charge is 0.508 e. The standard InChI is InChI=1S/C36H35ClO8/c1-21-24(5-3-7-29(21)23-8-9-32-35(16-23)43-11-10-42-32)20-45-34-18-33(44-19-22-4-2-6-27(38)12-22)26(15-31(34)37)13-25-14-28(39)17-30(25)36(40)41/h2-9,12,15-16,18,25,28,30,38-39H,10-11,13-14,17,19-20H2,1H3,(H,40,41). The summed E-state index contributed by atoms with van der Waals surface area (Å²) in [5, 5.41) is 30.2. The first-order valence-corrected chi connectivity index (χ1v) is 15.4. The van der Waals surface area contributed by atoms with Crippen LogP contribution in [0.15, 0.2) is 72.8 Å². The van der Waals surface area contributed by atoms with Crippen LogP contribution >= 0.6 is 11.6 Å². The number of fused-ring (bicyclic) bond motifs is 1. The number of carboxylic acid groups (broad SMARTS) is 1. The molecule has 1 fully saturated rings. The zero-order valence-electron chi connectivity index (χ0n) is 24.9. The number of halogens is 1. The smallest absolute Gasteiger partial charge is 0.306 e. The number of benzene rings is 4. The monoisotopic (exact) mass is 630 g/mol. The number of ether oxygens (including phenoxy) is 4. The van der Waals surface area contributed by atoms with E-state index in [0.29, 0.717) is 42.6 Å². The fourth-order valence-corrected chi connectivity index (χ4v) is 6.45. The van der Waals surface area contributed by atoms with Gasteiger partial charge in [-0.25, -0.2) is 0 Å². The fraction of sp³-hybridized carbons (Fsp3) is 0.306. The molecule has 0 amide bonds. The van der Waals surface area contributed by atoms with Crippen LogP contribution in [0.1, 0.15) is 35.1 Å². The first-order valence-electron chi connectivity index (χ1n) is 15.0. The average molecular weight is 631 g/mol. The summed E-state index contributed by atoms with van der Waals surface area (Å²) in [7, 11) is 0. The number of hydrogen-bond acceptors (Lipinski definition) is 7. The maximum Gasteiger partial charge on any atom is 0.306 e. The molecule has 4 aromatic carbocycles. The maximum atomic E-state index is 11.9. The van der Waals surface area contributed by atoms with Gasteiger partial charge in [-0.2, -0.15) is 0 Å². The van der Waals surface area contributed by atoms with E-state index in [-0.39, 0.29) is 31.3 Å². The third-order valence-corrected chi connectivity index (χ3v) is 8.87. The van der Waals surface area contributed by atoms with Crippen LogP contribution in [0.2, 0.25) is 5.02 Å². The number of aliphatic carboxylic acids is 1. The summed E-state index contributed by atoms with van der Waals surface area (Å²) >= 11 is 6.75. The number of rotatable bonds is 10. The number of aliphatic hydroxyl groups excluding tert-OH is 1. The van der Waals surface area contributed by atoms with Crippen molar-refractivity contribution in [1.82, 2.24) is 0 Å². The summed E-state index contributed by atoms with van der Waals surface area (Å²) in [6, 6.07) is 22.3. The van der Waals surface area contributed by atoms with Crippen molar-refractivity contribution in [1.29, 1.82) is 0 Å². The van der Waals surface area contributed by atoms with Gasteiger partial charge in [-0.3, -0.25) is 4.79 Å². The summed E-state index contributed by atoms with van der Waals surface area (Å²) in [5.74, 6) is 0.694. The molecule has 1 aliphatic carbocycles. The van der Waals surface area contributed by atoms with Crippen molar-refractivity contribution in [2.75, 3.05) is 13.2 Å². The van der Waals surface area contributed by atoms with Crippen molar-refractivity contribution >= 4 is 17.6 Å². The predicted octanol–water partition coefficient (Wildman–Crippen LogP) is 6.96. The molecule has 3 atom stereocenters. The topological polar surface area (TPSA) is 115 Å². The van der Waals surface area contributed by atoms with E-state index in [1.54, 1.807) is 30.3 Å². The number of phenols is 1. The molecular weight excluding hydrogens is 596 g/mol. The lowest BCUT2D eigenvalue weighted by atomic mass is 9.89. The van der Waals surface area contributed by atoms with E-state index >= 15 is 0 Å². The summed E-state index contributed by atoms with van der Waals surface area (Å²) < 4.78 is 23.9. The van der Waals surface area contributed by atoms with Crippen LogP contribution < -0.4 is 18.9 Å². The van der Waals surface area contributed by atoms with Crippen molar-refractivity contribution in [3.8, 4) is 39.9 Å². The van der Waals surface area contributed by atoms with Gasteiger partial charge < -0.3 is 34.3 Å². The SMILES string of the molecule is Cc1c(COc2cc(OCc3cccc(O)c3)c(CC3CC(O)CC3C(=O)O)cc2Cl)cccc1-c1ccc2c(c1)OCCO2. The zero-order valence-corrected chi connectivity index (χ0v) is 25.6. The molecule has 1 heterocycles. The van der Waals surface area contributed by atoms with E-state index in [1.807, 2.05) is 43.3 Å². The van der Waals surface area contributed by atoms with Gasteiger partial charge in [-0.15, -0.1) is 0 Å². The van der Waals surface area contributed by atoms with Gasteiger partial charge in [0.1, 0.15) is 43.7 Å². The number of aromatic hydroxyl groups is 1. The number of carbonyl (C=O) groups is 1. The molecule has 0 saturated heterocycles. The number of phenolic OH excluding ortho intramolecular Hbond substituents is 1. The quantitative estimate of drug-likeness (QED) is 0.172. The summed E-state index contributed by atoms with van der Waals surface area (Å²) in [6.45, 7) is 3.54. The van der Waals surface area contributed by atoms with Crippen LogP contribution in [0.5, 0.6) is 28.7 Å². The minimum Gasteiger partial charge on any atom is -0.508 e. The second kappa shape index (κ2) is 13.3. The molecule has 8 nitrogen and oxygen atoms in total. The van der Waals surface area contributed by atoms with Crippen molar-refractivity contribution in [3.05, 3.63) is 100 Å². The highest BCUT2D eigenvalue weighted by atomic mass is 35.5. The van der Waals surface area contributed by atoms with E-state index in [0.717, 1.165) is 44.9 Å². The van der Waals surface area contributed by atoms with Gasteiger partial charge in [-0.05, 0) is 95.8 Å². The first kappa shape index (κ1) is 30.6. The van der Waals surface area contributed by atoms with Gasteiger partial charge in [-0.1, -0.05) is 48.0 Å². The second-order valence-corrected chi connectivity index (χ2v) is 12.0. The number of hydrogen-bond donors (Lipinski definition) is 3. The van der Waals surface area contributed by atoms with Gasteiger partial charge in [0.25, 0.3) is 0 Å². The molecule has 0 bridgehead atoms. The van der Waals surface area contributed by atoms with Gasteiger partial charge in [0.05, 0.1) is 17.0 Å². The van der Waals surface area contributed by atoms with Gasteiger partial charge in [0.15, 0.2) is 11.5 Å². The molecular formula is C36H35ClO8. The van der Waals surface area contributed by atoms with Gasteiger partial charge >= 0.3 is 5.97 Å². The van der Waals surface area contributed by atoms with E-state index in [2.05, 4.69) is 6.07 Å². The normalized spacial score (nSPS) is 18.9. The average Bonchev–Trinajstić information content (AvgIpc) is 3.40. The molecule has 6 rings (SSSR count). The Balaban J connectivity index is 1.25. The van der Waals surface area contributed by atoms with Gasteiger partial charge in [0.2, 0.25) is 0 Å². The Bertz CT molecular complexity index is 1700. The molecule has 0 radical (unpaired) electrons. The van der Waals surface area contributed by atoms with E-state index in [4.69, 9.17) is 30.5 Å². The van der Waals surface area contributed by atoms with Crippen molar-refractivity contribution in [2.45, 2.75) is 45.5 Å². The van der Waals surface area contributed by atoms with Crippen LogP contribution in [0.4, 0.5) is 0 Å². The highest BCUT2D eigenvalue weighted by molar-refractivity contribution is 6.32. The lowest BCUT2D eigenvalue weighted by Crippen LogP contribution is -2.20. The molecule has 2 aliphatic rings. The lowest BCUT2D eigenvalue weighted by molar-refractivity contribution is -0.143. The molecule has 0 aromatic heterocycles. The second-order valence-electron chi connectivity index (χ2n) is 11.6. The lowest BCUT2D eigenvalue weighted by Gasteiger charge is -2.21. The summed E-state index contributed by atoms with van der Waals surface area (Å²) in [6.07, 6.45) is 0.323. The highest BCUT2D eigenvalue weighted by Crippen LogP contribution is 2.41. The van der Waals surface area contributed by atoms with E-state index < -0.39 is 18.0 Å².